The molecule has 0 saturated heterocycles. The zero-order valence-electron chi connectivity index (χ0n) is 7.12. The summed E-state index contributed by atoms with van der Waals surface area (Å²) in [6.45, 7) is 0.154. The molecular formula is C9H9IO3. The van der Waals surface area contributed by atoms with Gasteiger partial charge in [-0.05, 0) is 40.8 Å². The van der Waals surface area contributed by atoms with E-state index in [4.69, 9.17) is 9.47 Å². The highest BCUT2D eigenvalue weighted by Crippen LogP contribution is 2.19. The number of methoxy groups -OCH3 is 1. The molecule has 4 heteroatoms. The van der Waals surface area contributed by atoms with E-state index in [9.17, 15) is 4.79 Å². The highest BCUT2D eigenvalue weighted by molar-refractivity contribution is 14.1. The molecule has 1 aromatic rings. The van der Waals surface area contributed by atoms with Gasteiger partial charge in [0.2, 0.25) is 0 Å². The smallest absolute Gasteiger partial charge is 0.188 e. The van der Waals surface area contributed by atoms with Crippen LogP contribution >= 0.6 is 22.6 Å². The number of carbonyl (C=O) groups excluding carboxylic acids is 1. The Kier molecular flexibility index (Phi) is 4.17. The molecule has 0 unspecified atom stereocenters. The fourth-order valence-electron chi connectivity index (χ4n) is 0.865. The van der Waals surface area contributed by atoms with E-state index in [0.717, 1.165) is 9.86 Å². The van der Waals surface area contributed by atoms with Crippen molar-refractivity contribution >= 4 is 28.9 Å². The number of halogens is 1. The molecule has 0 bridgehead atoms. The summed E-state index contributed by atoms with van der Waals surface area (Å²) in [5, 5.41) is 0. The number of hydrogen-bond acceptors (Lipinski definition) is 3. The van der Waals surface area contributed by atoms with Crippen LogP contribution in [0, 0.1) is 3.57 Å². The number of ether oxygens (including phenoxy) is 2. The van der Waals surface area contributed by atoms with Crippen molar-refractivity contribution in [3.63, 3.8) is 0 Å². The van der Waals surface area contributed by atoms with Crippen LogP contribution in [0.15, 0.2) is 18.2 Å². The van der Waals surface area contributed by atoms with Gasteiger partial charge in [0.05, 0.1) is 5.56 Å². The second kappa shape index (κ2) is 5.18. The summed E-state index contributed by atoms with van der Waals surface area (Å²) < 4.78 is 10.9. The van der Waals surface area contributed by atoms with E-state index in [1.807, 2.05) is 6.07 Å². The van der Waals surface area contributed by atoms with E-state index in [1.165, 1.54) is 7.11 Å². The van der Waals surface area contributed by atoms with Crippen molar-refractivity contribution in [1.82, 2.24) is 0 Å². The van der Waals surface area contributed by atoms with Crippen LogP contribution in [0.5, 0.6) is 5.75 Å². The number of rotatable bonds is 4. The second-order valence-corrected chi connectivity index (χ2v) is 3.60. The first-order valence-electron chi connectivity index (χ1n) is 3.64. The zero-order chi connectivity index (χ0) is 9.68. The summed E-state index contributed by atoms with van der Waals surface area (Å²) in [5.74, 6) is 0.553. The molecule has 0 amide bonds. The standard InChI is InChI=1S/C9H9IO3/c1-12-6-13-9-3-2-8(10)4-7(9)5-11/h2-5H,6H2,1H3. The summed E-state index contributed by atoms with van der Waals surface area (Å²) in [7, 11) is 1.54. The van der Waals surface area contributed by atoms with Gasteiger partial charge in [0.25, 0.3) is 0 Å². The summed E-state index contributed by atoms with van der Waals surface area (Å²) in [5.41, 5.74) is 0.545. The molecule has 0 radical (unpaired) electrons. The van der Waals surface area contributed by atoms with Crippen molar-refractivity contribution in [2.75, 3.05) is 13.9 Å². The van der Waals surface area contributed by atoms with Gasteiger partial charge in [-0.3, -0.25) is 4.79 Å². The zero-order valence-corrected chi connectivity index (χ0v) is 9.28. The topological polar surface area (TPSA) is 35.5 Å². The lowest BCUT2D eigenvalue weighted by Gasteiger charge is -2.06. The van der Waals surface area contributed by atoms with Gasteiger partial charge in [-0.25, -0.2) is 0 Å². The Labute approximate surface area is 90.2 Å². The maximum Gasteiger partial charge on any atom is 0.188 e. The lowest BCUT2D eigenvalue weighted by molar-refractivity contribution is 0.0505. The third-order valence-electron chi connectivity index (χ3n) is 1.43. The molecule has 0 fully saturated rings. The van der Waals surface area contributed by atoms with Crippen LogP contribution in [-0.2, 0) is 4.74 Å². The molecule has 1 rings (SSSR count). The fraction of sp³-hybridized carbons (Fsp3) is 0.222. The molecule has 3 nitrogen and oxygen atoms in total. The average Bonchev–Trinajstić information content (AvgIpc) is 2.16. The van der Waals surface area contributed by atoms with Gasteiger partial charge >= 0.3 is 0 Å². The second-order valence-electron chi connectivity index (χ2n) is 2.35. The van der Waals surface area contributed by atoms with E-state index >= 15 is 0 Å². The molecule has 0 heterocycles. The van der Waals surface area contributed by atoms with E-state index in [-0.39, 0.29) is 6.79 Å². The Morgan fingerprint density at radius 2 is 2.31 bits per heavy atom. The lowest BCUT2D eigenvalue weighted by Crippen LogP contribution is -2.01. The van der Waals surface area contributed by atoms with Crippen molar-refractivity contribution in [3.05, 3.63) is 27.3 Å². The highest BCUT2D eigenvalue weighted by Gasteiger charge is 2.02. The van der Waals surface area contributed by atoms with Gasteiger partial charge in [-0.1, -0.05) is 0 Å². The van der Waals surface area contributed by atoms with Gasteiger partial charge in [-0.15, -0.1) is 0 Å². The summed E-state index contributed by atoms with van der Waals surface area (Å²) in [6.07, 6.45) is 0.771. The van der Waals surface area contributed by atoms with Crippen LogP contribution < -0.4 is 4.74 Å². The summed E-state index contributed by atoms with van der Waals surface area (Å²) in [6, 6.07) is 5.39. The van der Waals surface area contributed by atoms with Crippen molar-refractivity contribution in [3.8, 4) is 5.75 Å². The summed E-state index contributed by atoms with van der Waals surface area (Å²) >= 11 is 2.14. The molecule has 70 valence electrons. The van der Waals surface area contributed by atoms with Crippen molar-refractivity contribution in [2.45, 2.75) is 0 Å². The predicted octanol–water partition coefficient (Wildman–Crippen LogP) is 2.09. The molecule has 1 aromatic carbocycles. The Bertz CT molecular complexity index is 299. The SMILES string of the molecule is COCOc1ccc(I)cc1C=O. The van der Waals surface area contributed by atoms with E-state index in [0.29, 0.717) is 11.3 Å². The number of benzene rings is 1. The minimum Gasteiger partial charge on any atom is -0.467 e. The van der Waals surface area contributed by atoms with Crippen LogP contribution in [0.1, 0.15) is 10.4 Å². The lowest BCUT2D eigenvalue weighted by atomic mass is 10.2. The molecule has 0 spiro atoms. The van der Waals surface area contributed by atoms with Gasteiger partial charge < -0.3 is 9.47 Å². The monoisotopic (exact) mass is 292 g/mol. The highest BCUT2D eigenvalue weighted by atomic mass is 127. The van der Waals surface area contributed by atoms with E-state index < -0.39 is 0 Å². The van der Waals surface area contributed by atoms with Crippen molar-refractivity contribution < 1.29 is 14.3 Å². The van der Waals surface area contributed by atoms with E-state index in [2.05, 4.69) is 22.6 Å². The predicted molar refractivity (Wildman–Crippen MR) is 57.1 cm³/mol. The quantitative estimate of drug-likeness (QED) is 0.484. The Morgan fingerprint density at radius 1 is 1.54 bits per heavy atom. The molecule has 0 aliphatic rings. The number of carbonyl (C=O) groups is 1. The van der Waals surface area contributed by atoms with Gasteiger partial charge in [0.15, 0.2) is 13.1 Å². The maximum atomic E-state index is 10.6. The molecule has 0 saturated carbocycles. The number of hydrogen-bond donors (Lipinski definition) is 0. The molecule has 0 atom stereocenters. The van der Waals surface area contributed by atoms with Crippen molar-refractivity contribution in [1.29, 1.82) is 0 Å². The third-order valence-corrected chi connectivity index (χ3v) is 2.10. The van der Waals surface area contributed by atoms with Crippen LogP contribution in [0.3, 0.4) is 0 Å². The largest absolute Gasteiger partial charge is 0.467 e. The van der Waals surface area contributed by atoms with Gasteiger partial charge in [-0.2, -0.15) is 0 Å². The molecule has 0 aliphatic heterocycles. The summed E-state index contributed by atoms with van der Waals surface area (Å²) in [4.78, 5) is 10.6. The molecular weight excluding hydrogens is 283 g/mol. The minimum absolute atomic E-state index is 0.154. The van der Waals surface area contributed by atoms with Crippen LogP contribution in [-0.4, -0.2) is 20.2 Å². The normalized spacial score (nSPS) is 9.69. The Hall–Kier alpha value is -0.620. The average molecular weight is 292 g/mol. The first-order valence-corrected chi connectivity index (χ1v) is 4.72. The van der Waals surface area contributed by atoms with Crippen LogP contribution in [0.4, 0.5) is 0 Å². The van der Waals surface area contributed by atoms with Crippen molar-refractivity contribution in [2.24, 2.45) is 0 Å². The van der Waals surface area contributed by atoms with E-state index in [1.54, 1.807) is 12.1 Å². The maximum absolute atomic E-state index is 10.6. The third kappa shape index (κ3) is 2.96. The first kappa shape index (κ1) is 10.5. The van der Waals surface area contributed by atoms with Gasteiger partial charge in [0, 0.05) is 10.7 Å². The first-order chi connectivity index (χ1) is 6.27. The number of aldehydes is 1. The molecule has 0 aromatic heterocycles. The Morgan fingerprint density at radius 3 is 2.92 bits per heavy atom. The van der Waals surface area contributed by atoms with Gasteiger partial charge in [0.1, 0.15) is 5.75 Å². The minimum atomic E-state index is 0.154. The Balaban J connectivity index is 2.86. The molecule has 0 aliphatic carbocycles. The molecule has 0 N–H and O–H groups in total. The van der Waals surface area contributed by atoms with Crippen LogP contribution in [0.25, 0.3) is 0 Å². The molecule has 13 heavy (non-hydrogen) atoms. The fourth-order valence-corrected chi connectivity index (χ4v) is 1.38. The van der Waals surface area contributed by atoms with Crippen LogP contribution in [0.2, 0.25) is 0 Å².